The summed E-state index contributed by atoms with van der Waals surface area (Å²) >= 11 is 0. The molecular formula is C20H26O4S. The normalized spacial score (nSPS) is 11.4. The van der Waals surface area contributed by atoms with Crippen LogP contribution in [0.25, 0.3) is 0 Å². The summed E-state index contributed by atoms with van der Waals surface area (Å²) in [4.78, 5) is -0.230. The molecule has 4 nitrogen and oxygen atoms in total. The van der Waals surface area contributed by atoms with Crippen molar-refractivity contribution >= 4 is 10.1 Å². The maximum absolute atomic E-state index is 11.4. The molecule has 0 radical (unpaired) electrons. The third-order valence-electron chi connectivity index (χ3n) is 4.10. The summed E-state index contributed by atoms with van der Waals surface area (Å²) in [7, 11) is -4.31. The van der Waals surface area contributed by atoms with Crippen LogP contribution >= 0.6 is 0 Å². The van der Waals surface area contributed by atoms with E-state index < -0.39 is 10.1 Å². The van der Waals surface area contributed by atoms with Gasteiger partial charge in [0.25, 0.3) is 10.1 Å². The summed E-state index contributed by atoms with van der Waals surface area (Å²) in [6.07, 6.45) is 8.65. The van der Waals surface area contributed by atoms with E-state index in [1.54, 1.807) is 12.1 Å². The Labute approximate surface area is 150 Å². The molecule has 0 heterocycles. The Morgan fingerprint density at radius 3 is 2.20 bits per heavy atom. The van der Waals surface area contributed by atoms with Gasteiger partial charge in [0.2, 0.25) is 0 Å². The van der Waals surface area contributed by atoms with E-state index in [4.69, 9.17) is 4.74 Å². The third kappa shape index (κ3) is 6.52. The van der Waals surface area contributed by atoms with E-state index in [9.17, 15) is 13.0 Å². The molecule has 0 aliphatic rings. The van der Waals surface area contributed by atoms with Crippen LogP contribution in [0.5, 0.6) is 11.5 Å². The van der Waals surface area contributed by atoms with Crippen molar-refractivity contribution in [3.63, 3.8) is 0 Å². The van der Waals surface area contributed by atoms with Crippen LogP contribution in [0.3, 0.4) is 0 Å². The van der Waals surface area contributed by atoms with Gasteiger partial charge in [0.15, 0.2) is 0 Å². The molecular weight excluding hydrogens is 336 g/mol. The van der Waals surface area contributed by atoms with Crippen LogP contribution in [0.2, 0.25) is 0 Å². The number of rotatable bonds is 10. The quantitative estimate of drug-likeness (QED) is 0.439. The van der Waals surface area contributed by atoms with Gasteiger partial charge in [-0.3, -0.25) is 4.55 Å². The number of aryl methyl sites for hydroxylation is 1. The van der Waals surface area contributed by atoms with Crippen molar-refractivity contribution < 1.29 is 17.7 Å². The van der Waals surface area contributed by atoms with Crippen LogP contribution in [0, 0.1) is 0 Å². The molecule has 0 spiro atoms. The predicted octanol–water partition coefficient (Wildman–Crippen LogP) is 5.63. The van der Waals surface area contributed by atoms with E-state index in [2.05, 4.69) is 6.92 Å². The molecule has 5 heteroatoms. The third-order valence-corrected chi connectivity index (χ3v) is 4.99. The van der Waals surface area contributed by atoms with Crippen molar-refractivity contribution in [1.82, 2.24) is 0 Å². The molecule has 25 heavy (non-hydrogen) atoms. The van der Waals surface area contributed by atoms with Gasteiger partial charge in [-0.1, -0.05) is 63.3 Å². The topological polar surface area (TPSA) is 63.6 Å². The highest BCUT2D eigenvalue weighted by Gasteiger charge is 2.16. The Morgan fingerprint density at radius 1 is 0.880 bits per heavy atom. The highest BCUT2D eigenvalue weighted by Crippen LogP contribution is 2.28. The van der Waals surface area contributed by atoms with Crippen molar-refractivity contribution in [2.75, 3.05) is 0 Å². The first-order valence-corrected chi connectivity index (χ1v) is 10.3. The number of ether oxygens (including phenoxy) is 1. The van der Waals surface area contributed by atoms with E-state index in [1.165, 1.54) is 56.2 Å². The minimum Gasteiger partial charge on any atom is -0.456 e. The van der Waals surface area contributed by atoms with Gasteiger partial charge in [-0.15, -0.1) is 0 Å². The fourth-order valence-corrected chi connectivity index (χ4v) is 3.32. The largest absolute Gasteiger partial charge is 0.456 e. The van der Waals surface area contributed by atoms with Crippen molar-refractivity contribution in [3.8, 4) is 11.5 Å². The average molecular weight is 362 g/mol. The van der Waals surface area contributed by atoms with E-state index in [-0.39, 0.29) is 10.6 Å². The molecule has 2 rings (SSSR count). The smallest absolute Gasteiger partial charge is 0.298 e. The lowest BCUT2D eigenvalue weighted by molar-refractivity contribution is 0.450. The van der Waals surface area contributed by atoms with Crippen molar-refractivity contribution in [1.29, 1.82) is 0 Å². The molecule has 2 aromatic rings. The lowest BCUT2D eigenvalue weighted by Crippen LogP contribution is -2.00. The van der Waals surface area contributed by atoms with E-state index in [1.807, 2.05) is 24.3 Å². The molecule has 2 aromatic carbocycles. The van der Waals surface area contributed by atoms with Gasteiger partial charge in [0.05, 0.1) is 0 Å². The summed E-state index contributed by atoms with van der Waals surface area (Å²) in [5.74, 6) is 0.663. The molecule has 0 fully saturated rings. The molecule has 0 saturated heterocycles. The van der Waals surface area contributed by atoms with E-state index in [0.29, 0.717) is 5.75 Å². The molecule has 136 valence electrons. The molecule has 0 bridgehead atoms. The summed E-state index contributed by atoms with van der Waals surface area (Å²) < 4.78 is 37.7. The molecule has 0 unspecified atom stereocenters. The van der Waals surface area contributed by atoms with Gasteiger partial charge in [-0.05, 0) is 42.7 Å². The second-order valence-corrected chi connectivity index (χ2v) is 7.58. The molecule has 1 N–H and O–H groups in total. The average Bonchev–Trinajstić information content (AvgIpc) is 2.59. The molecule has 0 aliphatic carbocycles. The number of hydrogen-bond acceptors (Lipinski definition) is 3. The second-order valence-electron chi connectivity index (χ2n) is 6.19. The van der Waals surface area contributed by atoms with E-state index in [0.717, 1.165) is 6.42 Å². The number of hydrogen-bond donors (Lipinski definition) is 1. The Kier molecular flexibility index (Phi) is 7.47. The van der Waals surface area contributed by atoms with Gasteiger partial charge in [-0.2, -0.15) is 8.42 Å². The standard InChI is InChI=1S/C20H26O4S/c1-2-3-4-5-6-7-10-17-13-15-18(16-14-17)24-19-11-8-9-12-20(19)25(21,22)23/h8-9,11-16H,2-7,10H2,1H3,(H,21,22,23). The van der Waals surface area contributed by atoms with Crippen LogP contribution in [0.4, 0.5) is 0 Å². The lowest BCUT2D eigenvalue weighted by atomic mass is 10.0. The number of unbranched alkanes of at least 4 members (excludes halogenated alkanes) is 5. The highest BCUT2D eigenvalue weighted by molar-refractivity contribution is 7.86. The predicted molar refractivity (Wildman–Crippen MR) is 99.9 cm³/mol. The lowest BCUT2D eigenvalue weighted by Gasteiger charge is -2.10. The Hall–Kier alpha value is -1.85. The van der Waals surface area contributed by atoms with Crippen LogP contribution in [0.1, 0.15) is 51.0 Å². The van der Waals surface area contributed by atoms with Crippen molar-refractivity contribution in [2.45, 2.75) is 56.8 Å². The van der Waals surface area contributed by atoms with Gasteiger partial charge in [0, 0.05) is 0 Å². The Bertz CT molecular complexity index is 752. The Balaban J connectivity index is 1.91. The maximum atomic E-state index is 11.4. The SMILES string of the molecule is CCCCCCCCc1ccc(Oc2ccccc2S(=O)(=O)O)cc1. The fourth-order valence-electron chi connectivity index (χ4n) is 2.71. The molecule has 0 amide bonds. The second kappa shape index (κ2) is 9.59. The fraction of sp³-hybridized carbons (Fsp3) is 0.400. The highest BCUT2D eigenvalue weighted by atomic mass is 32.2. The first-order valence-electron chi connectivity index (χ1n) is 8.84. The number of para-hydroxylation sites is 1. The Morgan fingerprint density at radius 2 is 1.52 bits per heavy atom. The maximum Gasteiger partial charge on any atom is 0.298 e. The zero-order valence-electron chi connectivity index (χ0n) is 14.6. The summed E-state index contributed by atoms with van der Waals surface area (Å²) in [5.41, 5.74) is 1.24. The zero-order valence-corrected chi connectivity index (χ0v) is 15.5. The molecule has 0 aliphatic heterocycles. The van der Waals surface area contributed by atoms with Crippen molar-refractivity contribution in [2.24, 2.45) is 0 Å². The van der Waals surface area contributed by atoms with Gasteiger partial charge >= 0.3 is 0 Å². The van der Waals surface area contributed by atoms with Gasteiger partial charge < -0.3 is 4.74 Å². The monoisotopic (exact) mass is 362 g/mol. The molecule has 0 saturated carbocycles. The van der Waals surface area contributed by atoms with Gasteiger partial charge in [0.1, 0.15) is 16.4 Å². The van der Waals surface area contributed by atoms with Crippen LogP contribution in [0.15, 0.2) is 53.4 Å². The summed E-state index contributed by atoms with van der Waals surface area (Å²) in [6.45, 7) is 2.22. The minimum absolute atomic E-state index is 0.119. The number of benzene rings is 2. The van der Waals surface area contributed by atoms with Gasteiger partial charge in [-0.25, -0.2) is 0 Å². The summed E-state index contributed by atoms with van der Waals surface area (Å²) in [5, 5.41) is 0. The van der Waals surface area contributed by atoms with Crippen molar-refractivity contribution in [3.05, 3.63) is 54.1 Å². The van der Waals surface area contributed by atoms with Crippen LogP contribution in [-0.2, 0) is 16.5 Å². The minimum atomic E-state index is -4.31. The first-order chi connectivity index (χ1) is 12.0. The zero-order chi connectivity index (χ0) is 18.1. The van der Waals surface area contributed by atoms with Crippen LogP contribution in [-0.4, -0.2) is 13.0 Å². The van der Waals surface area contributed by atoms with E-state index >= 15 is 0 Å². The molecule has 0 atom stereocenters. The first kappa shape index (κ1) is 19.5. The summed E-state index contributed by atoms with van der Waals surface area (Å²) in [6, 6.07) is 13.7. The van der Waals surface area contributed by atoms with Crippen LogP contribution < -0.4 is 4.74 Å². The molecule has 0 aromatic heterocycles.